The summed E-state index contributed by atoms with van der Waals surface area (Å²) in [4.78, 5) is 0. The largest absolute Gasteiger partial charge is 0.272 e. The first-order valence-corrected chi connectivity index (χ1v) is 5.52. The van der Waals surface area contributed by atoms with Crippen molar-refractivity contribution in [2.75, 3.05) is 0 Å². The zero-order valence-electron chi connectivity index (χ0n) is 10.3. The van der Waals surface area contributed by atoms with Crippen LogP contribution in [0.3, 0.4) is 0 Å². The highest BCUT2D eigenvalue weighted by Crippen LogP contribution is 2.29. The minimum Gasteiger partial charge on any atom is -0.272 e. The smallest absolute Gasteiger partial charge is 0.0689 e. The second-order valence-corrected chi connectivity index (χ2v) is 4.47. The molecule has 0 amide bonds. The third kappa shape index (κ3) is 1.84. The van der Waals surface area contributed by atoms with Crippen LogP contribution in [0.15, 0.2) is 0 Å². The van der Waals surface area contributed by atoms with Gasteiger partial charge in [0.15, 0.2) is 0 Å². The molecule has 1 atom stereocenters. The number of rotatable bonds is 3. The van der Waals surface area contributed by atoms with Crippen molar-refractivity contribution in [2.45, 2.75) is 52.9 Å². The predicted molar refractivity (Wildman–Crippen MR) is 60.7 cm³/mol. The lowest BCUT2D eigenvalue weighted by Gasteiger charge is -2.11. The van der Waals surface area contributed by atoms with Crippen LogP contribution in [0.5, 0.6) is 0 Å². The van der Waals surface area contributed by atoms with Crippen molar-refractivity contribution < 1.29 is 0 Å². The Morgan fingerprint density at radius 2 is 1.86 bits per heavy atom. The van der Waals surface area contributed by atoms with E-state index in [9.17, 15) is 0 Å². The summed E-state index contributed by atoms with van der Waals surface area (Å²) in [7, 11) is 2.03. The van der Waals surface area contributed by atoms with Crippen LogP contribution < -0.4 is 0 Å². The molecule has 0 fully saturated rings. The zero-order chi connectivity index (χ0) is 10.9. The molecule has 0 aliphatic rings. The summed E-state index contributed by atoms with van der Waals surface area (Å²) in [6.45, 7) is 11.1. The molecule has 0 radical (unpaired) electrons. The van der Waals surface area contributed by atoms with Crippen LogP contribution in [0.2, 0.25) is 0 Å². The molecule has 2 heteroatoms. The van der Waals surface area contributed by atoms with E-state index in [4.69, 9.17) is 0 Å². The van der Waals surface area contributed by atoms with Crippen LogP contribution in [0.4, 0.5) is 0 Å². The molecular weight excluding hydrogens is 172 g/mol. The van der Waals surface area contributed by atoms with Crippen LogP contribution in [0, 0.1) is 6.92 Å². The summed E-state index contributed by atoms with van der Waals surface area (Å²) < 4.78 is 2.01. The molecule has 1 unspecified atom stereocenters. The van der Waals surface area contributed by atoms with Gasteiger partial charge in [-0.25, -0.2) is 0 Å². The van der Waals surface area contributed by atoms with Gasteiger partial charge in [0, 0.05) is 18.7 Å². The third-order valence-corrected chi connectivity index (χ3v) is 3.07. The number of aromatic nitrogens is 2. The van der Waals surface area contributed by atoms with Gasteiger partial charge in [-0.1, -0.05) is 27.7 Å². The van der Waals surface area contributed by atoms with Crippen molar-refractivity contribution >= 4 is 0 Å². The molecule has 0 saturated carbocycles. The maximum absolute atomic E-state index is 4.62. The van der Waals surface area contributed by atoms with Crippen LogP contribution in [0.25, 0.3) is 0 Å². The Labute approximate surface area is 87.3 Å². The average molecular weight is 194 g/mol. The first-order valence-electron chi connectivity index (χ1n) is 5.52. The summed E-state index contributed by atoms with van der Waals surface area (Å²) in [5.74, 6) is 1.15. The molecule has 2 nitrogen and oxygen atoms in total. The van der Waals surface area contributed by atoms with E-state index in [1.165, 1.54) is 17.0 Å². The number of hydrogen-bond acceptors (Lipinski definition) is 1. The van der Waals surface area contributed by atoms with Gasteiger partial charge in [0.1, 0.15) is 0 Å². The van der Waals surface area contributed by atoms with Gasteiger partial charge in [-0.15, -0.1) is 0 Å². The third-order valence-electron chi connectivity index (χ3n) is 3.07. The summed E-state index contributed by atoms with van der Waals surface area (Å²) in [6, 6.07) is 0. The molecule has 0 aliphatic heterocycles. The minimum absolute atomic E-state index is 0.576. The van der Waals surface area contributed by atoms with Gasteiger partial charge in [-0.05, 0) is 24.8 Å². The number of nitrogens with zero attached hydrogens (tertiary/aromatic N) is 2. The number of aryl methyl sites for hydroxylation is 1. The van der Waals surface area contributed by atoms with E-state index < -0.39 is 0 Å². The highest BCUT2D eigenvalue weighted by Gasteiger charge is 2.19. The normalized spacial score (nSPS) is 13.6. The highest BCUT2D eigenvalue weighted by atomic mass is 15.3. The molecule has 1 aromatic rings. The molecule has 0 aromatic carbocycles. The Bertz CT molecular complexity index is 310. The van der Waals surface area contributed by atoms with Crippen LogP contribution >= 0.6 is 0 Å². The first kappa shape index (κ1) is 11.3. The van der Waals surface area contributed by atoms with Crippen molar-refractivity contribution in [1.29, 1.82) is 0 Å². The second kappa shape index (κ2) is 4.16. The molecule has 1 rings (SSSR count). The summed E-state index contributed by atoms with van der Waals surface area (Å²) >= 11 is 0. The molecule has 0 aliphatic carbocycles. The van der Waals surface area contributed by atoms with Crippen molar-refractivity contribution in [3.63, 3.8) is 0 Å². The summed E-state index contributed by atoms with van der Waals surface area (Å²) in [5, 5.41) is 4.62. The molecule has 0 spiro atoms. The monoisotopic (exact) mass is 194 g/mol. The van der Waals surface area contributed by atoms with Crippen molar-refractivity contribution in [2.24, 2.45) is 7.05 Å². The summed E-state index contributed by atoms with van der Waals surface area (Å²) in [6.07, 6.45) is 1.16. The Balaban J connectivity index is 3.22. The molecule has 80 valence electrons. The van der Waals surface area contributed by atoms with E-state index >= 15 is 0 Å². The topological polar surface area (TPSA) is 17.8 Å². The molecular formula is C12H22N2. The zero-order valence-corrected chi connectivity index (χ0v) is 10.3. The maximum atomic E-state index is 4.62. The van der Waals surface area contributed by atoms with E-state index in [1.807, 2.05) is 11.7 Å². The van der Waals surface area contributed by atoms with Gasteiger partial charge in [-0.3, -0.25) is 4.68 Å². The molecule has 0 saturated heterocycles. The lowest BCUT2D eigenvalue weighted by atomic mass is 9.93. The lowest BCUT2D eigenvalue weighted by Crippen LogP contribution is -1.99. The maximum Gasteiger partial charge on any atom is 0.0689 e. The van der Waals surface area contributed by atoms with E-state index in [0.29, 0.717) is 11.8 Å². The van der Waals surface area contributed by atoms with E-state index in [2.05, 4.69) is 39.7 Å². The van der Waals surface area contributed by atoms with E-state index in [0.717, 1.165) is 6.42 Å². The molecule has 1 heterocycles. The standard InChI is InChI=1S/C12H22N2/c1-7-9(4)12-11(8(2)3)10(5)14(6)13-12/h8-9H,7H2,1-6H3. The fourth-order valence-corrected chi connectivity index (χ4v) is 1.92. The van der Waals surface area contributed by atoms with Gasteiger partial charge < -0.3 is 0 Å². The van der Waals surface area contributed by atoms with Gasteiger partial charge in [0.05, 0.1) is 5.69 Å². The van der Waals surface area contributed by atoms with Crippen LogP contribution in [-0.4, -0.2) is 9.78 Å². The van der Waals surface area contributed by atoms with Crippen LogP contribution in [-0.2, 0) is 7.05 Å². The fraction of sp³-hybridized carbons (Fsp3) is 0.750. The SMILES string of the molecule is CCC(C)c1nn(C)c(C)c1C(C)C. The molecule has 0 N–H and O–H groups in total. The van der Waals surface area contributed by atoms with Crippen molar-refractivity contribution in [3.05, 3.63) is 17.0 Å². The van der Waals surface area contributed by atoms with Crippen molar-refractivity contribution in [1.82, 2.24) is 9.78 Å². The Morgan fingerprint density at radius 1 is 1.29 bits per heavy atom. The van der Waals surface area contributed by atoms with Gasteiger partial charge in [0.25, 0.3) is 0 Å². The van der Waals surface area contributed by atoms with Gasteiger partial charge in [0.2, 0.25) is 0 Å². The first-order chi connectivity index (χ1) is 6.49. The number of hydrogen-bond donors (Lipinski definition) is 0. The molecule has 1 aromatic heterocycles. The second-order valence-electron chi connectivity index (χ2n) is 4.47. The summed E-state index contributed by atoms with van der Waals surface area (Å²) in [5.41, 5.74) is 4.06. The Kier molecular flexibility index (Phi) is 3.35. The van der Waals surface area contributed by atoms with Crippen molar-refractivity contribution in [3.8, 4) is 0 Å². The average Bonchev–Trinajstić information content (AvgIpc) is 2.42. The lowest BCUT2D eigenvalue weighted by molar-refractivity contribution is 0.655. The quantitative estimate of drug-likeness (QED) is 0.721. The Morgan fingerprint density at radius 3 is 2.29 bits per heavy atom. The minimum atomic E-state index is 0.576. The van der Waals surface area contributed by atoms with E-state index in [-0.39, 0.29) is 0 Å². The van der Waals surface area contributed by atoms with E-state index in [1.54, 1.807) is 0 Å². The van der Waals surface area contributed by atoms with Gasteiger partial charge >= 0.3 is 0 Å². The highest BCUT2D eigenvalue weighted by molar-refractivity contribution is 5.30. The fourth-order valence-electron chi connectivity index (χ4n) is 1.92. The molecule has 14 heavy (non-hydrogen) atoms. The predicted octanol–water partition coefficient (Wildman–Crippen LogP) is 3.37. The van der Waals surface area contributed by atoms with Gasteiger partial charge in [-0.2, -0.15) is 5.10 Å². The molecule has 0 bridgehead atoms. The Hall–Kier alpha value is -0.790. The van der Waals surface area contributed by atoms with Crippen LogP contribution in [0.1, 0.15) is 62.9 Å².